The Morgan fingerprint density at radius 2 is 2.24 bits per heavy atom. The fourth-order valence-electron chi connectivity index (χ4n) is 2.47. The van der Waals surface area contributed by atoms with Gasteiger partial charge in [0, 0.05) is 17.0 Å². The van der Waals surface area contributed by atoms with E-state index in [1.54, 1.807) is 5.38 Å². The van der Waals surface area contributed by atoms with Crippen LogP contribution in [-0.4, -0.2) is 15.8 Å². The van der Waals surface area contributed by atoms with E-state index in [-0.39, 0.29) is 5.82 Å². The number of nitrogens with zero attached hydrogens (tertiary/aromatic N) is 2. The number of rotatable bonds is 4. The largest absolute Gasteiger partial charge is 0.296 e. The summed E-state index contributed by atoms with van der Waals surface area (Å²) in [6.45, 7) is 4.31. The van der Waals surface area contributed by atoms with Gasteiger partial charge < -0.3 is 0 Å². The van der Waals surface area contributed by atoms with Crippen LogP contribution in [0.15, 0.2) is 29.8 Å². The molecular formula is C16H15FN2OS. The number of aldehydes is 1. The van der Waals surface area contributed by atoms with Crippen LogP contribution in [0.5, 0.6) is 0 Å². The number of halogens is 1. The zero-order chi connectivity index (χ0) is 15.0. The summed E-state index contributed by atoms with van der Waals surface area (Å²) in [5, 5.41) is 3.42. The highest BCUT2D eigenvalue weighted by Crippen LogP contribution is 2.28. The minimum Gasteiger partial charge on any atom is -0.296 e. The Morgan fingerprint density at radius 1 is 1.43 bits per heavy atom. The predicted octanol–water partition coefficient (Wildman–Crippen LogP) is 4.24. The van der Waals surface area contributed by atoms with E-state index in [9.17, 15) is 9.18 Å². The molecular weight excluding hydrogens is 287 g/mol. The van der Waals surface area contributed by atoms with E-state index >= 15 is 0 Å². The number of carbonyl (C=O) groups excluding carboxylic acids is 1. The van der Waals surface area contributed by atoms with E-state index in [0.717, 1.165) is 23.6 Å². The Kier molecular flexibility index (Phi) is 3.59. The third kappa shape index (κ3) is 2.61. The van der Waals surface area contributed by atoms with Crippen LogP contribution in [0.2, 0.25) is 0 Å². The van der Waals surface area contributed by atoms with Crippen LogP contribution >= 0.6 is 11.3 Å². The van der Waals surface area contributed by atoms with Gasteiger partial charge in [0.1, 0.15) is 11.5 Å². The van der Waals surface area contributed by atoms with Gasteiger partial charge >= 0.3 is 0 Å². The highest BCUT2D eigenvalue weighted by Gasteiger charge is 2.14. The number of carbonyl (C=O) groups is 1. The molecule has 3 aromatic rings. The van der Waals surface area contributed by atoms with Crippen LogP contribution < -0.4 is 0 Å². The lowest BCUT2D eigenvalue weighted by molar-refractivity contribution is 0.111. The summed E-state index contributed by atoms with van der Waals surface area (Å²) in [6.07, 6.45) is 3.64. The third-order valence-electron chi connectivity index (χ3n) is 3.32. The Hall–Kier alpha value is -2.01. The minimum atomic E-state index is -0.273. The number of hydrogen-bond acceptors (Lipinski definition) is 3. The van der Waals surface area contributed by atoms with E-state index < -0.39 is 0 Å². The Bertz CT molecular complexity index is 804. The van der Waals surface area contributed by atoms with Crippen molar-refractivity contribution in [1.29, 1.82) is 0 Å². The van der Waals surface area contributed by atoms with E-state index in [4.69, 9.17) is 0 Å². The molecule has 0 radical (unpaired) electrons. The summed E-state index contributed by atoms with van der Waals surface area (Å²) in [5.74, 6) is 0.237. The van der Waals surface area contributed by atoms with Gasteiger partial charge in [-0.25, -0.2) is 9.37 Å². The fraction of sp³-hybridized carbons (Fsp3) is 0.250. The second-order valence-electron chi connectivity index (χ2n) is 5.46. The van der Waals surface area contributed by atoms with Gasteiger partial charge in [0.05, 0.1) is 5.52 Å². The fourth-order valence-corrected chi connectivity index (χ4v) is 3.23. The summed E-state index contributed by atoms with van der Waals surface area (Å²) in [4.78, 5) is 15.1. The lowest BCUT2D eigenvalue weighted by Crippen LogP contribution is -1.94. The number of thiazole rings is 1. The molecule has 0 amide bonds. The average molecular weight is 302 g/mol. The van der Waals surface area contributed by atoms with Crippen molar-refractivity contribution in [1.82, 2.24) is 9.55 Å². The molecule has 0 saturated carbocycles. The second-order valence-corrected chi connectivity index (χ2v) is 6.29. The van der Waals surface area contributed by atoms with E-state index in [2.05, 4.69) is 18.8 Å². The first-order valence-corrected chi connectivity index (χ1v) is 7.67. The minimum absolute atomic E-state index is 0.273. The predicted molar refractivity (Wildman–Crippen MR) is 82.8 cm³/mol. The van der Waals surface area contributed by atoms with Crippen LogP contribution in [0.1, 0.15) is 29.9 Å². The van der Waals surface area contributed by atoms with Gasteiger partial charge in [0.15, 0.2) is 11.4 Å². The maximum atomic E-state index is 13.6. The van der Waals surface area contributed by atoms with Crippen molar-refractivity contribution < 1.29 is 9.18 Å². The van der Waals surface area contributed by atoms with Gasteiger partial charge in [0.2, 0.25) is 0 Å². The summed E-state index contributed by atoms with van der Waals surface area (Å²) in [7, 11) is 0. The van der Waals surface area contributed by atoms with Gasteiger partial charge in [-0.3, -0.25) is 9.36 Å². The molecule has 1 aromatic carbocycles. The highest BCUT2D eigenvalue weighted by molar-refractivity contribution is 7.12. The van der Waals surface area contributed by atoms with Crippen LogP contribution in [0.3, 0.4) is 0 Å². The van der Waals surface area contributed by atoms with Gasteiger partial charge in [0.25, 0.3) is 0 Å². The molecule has 5 heteroatoms. The molecule has 0 fully saturated rings. The van der Waals surface area contributed by atoms with Crippen molar-refractivity contribution in [2.75, 3.05) is 0 Å². The maximum absolute atomic E-state index is 13.6. The Morgan fingerprint density at radius 3 is 2.90 bits per heavy atom. The maximum Gasteiger partial charge on any atom is 0.194 e. The Balaban J connectivity index is 2.21. The van der Waals surface area contributed by atoms with Crippen LogP contribution in [-0.2, 0) is 6.42 Å². The molecule has 2 heterocycles. The highest BCUT2D eigenvalue weighted by atomic mass is 32.1. The quantitative estimate of drug-likeness (QED) is 0.676. The molecule has 21 heavy (non-hydrogen) atoms. The second kappa shape index (κ2) is 5.41. The lowest BCUT2D eigenvalue weighted by atomic mass is 10.0. The number of hydrogen-bond donors (Lipinski definition) is 0. The normalized spacial score (nSPS) is 11.4. The zero-order valence-corrected chi connectivity index (χ0v) is 12.7. The number of aromatic nitrogens is 2. The SMILES string of the molecule is CC(C)Cc1cn(-c2nc(C=O)cs2)c2cc(F)ccc12. The molecule has 3 nitrogen and oxygen atoms in total. The van der Waals surface area contributed by atoms with Crippen molar-refractivity contribution in [3.8, 4) is 5.13 Å². The molecule has 0 unspecified atom stereocenters. The van der Waals surface area contributed by atoms with Crippen molar-refractivity contribution in [3.05, 3.63) is 46.9 Å². The van der Waals surface area contributed by atoms with Gasteiger partial charge in [-0.05, 0) is 36.1 Å². The number of benzene rings is 1. The zero-order valence-electron chi connectivity index (χ0n) is 11.8. The van der Waals surface area contributed by atoms with Crippen molar-refractivity contribution >= 4 is 28.5 Å². The molecule has 0 atom stereocenters. The molecule has 3 rings (SSSR count). The summed E-state index contributed by atoms with van der Waals surface area (Å²) >= 11 is 1.38. The van der Waals surface area contributed by atoms with Crippen molar-refractivity contribution in [2.45, 2.75) is 20.3 Å². The van der Waals surface area contributed by atoms with E-state index in [1.165, 1.54) is 29.0 Å². The van der Waals surface area contributed by atoms with Crippen LogP contribution in [0, 0.1) is 11.7 Å². The molecule has 0 bridgehead atoms. The smallest absolute Gasteiger partial charge is 0.194 e. The van der Waals surface area contributed by atoms with Crippen molar-refractivity contribution in [2.24, 2.45) is 5.92 Å². The summed E-state index contributed by atoms with van der Waals surface area (Å²) in [5.41, 5.74) is 2.36. The summed E-state index contributed by atoms with van der Waals surface area (Å²) < 4.78 is 15.5. The van der Waals surface area contributed by atoms with Gasteiger partial charge in [-0.1, -0.05) is 13.8 Å². The molecule has 0 saturated heterocycles. The first-order valence-electron chi connectivity index (χ1n) is 6.79. The van der Waals surface area contributed by atoms with Crippen molar-refractivity contribution in [3.63, 3.8) is 0 Å². The molecule has 0 aliphatic heterocycles. The standard InChI is InChI=1S/C16H15FN2OS/c1-10(2)5-11-7-19(16-18-13(8-20)9-21-16)15-6-12(17)3-4-14(11)15/h3-4,6-10H,5H2,1-2H3. The van der Waals surface area contributed by atoms with Gasteiger partial charge in [-0.15, -0.1) is 11.3 Å². The van der Waals surface area contributed by atoms with Crippen LogP contribution in [0.25, 0.3) is 16.0 Å². The number of fused-ring (bicyclic) bond motifs is 1. The molecule has 0 aliphatic rings. The lowest BCUT2D eigenvalue weighted by Gasteiger charge is -2.02. The monoisotopic (exact) mass is 302 g/mol. The first kappa shape index (κ1) is 13.9. The van der Waals surface area contributed by atoms with E-state index in [0.29, 0.717) is 16.7 Å². The van der Waals surface area contributed by atoms with Gasteiger partial charge in [-0.2, -0.15) is 0 Å². The topological polar surface area (TPSA) is 34.9 Å². The summed E-state index contributed by atoms with van der Waals surface area (Å²) in [6, 6.07) is 4.81. The molecule has 0 N–H and O–H groups in total. The molecule has 0 spiro atoms. The first-order chi connectivity index (χ1) is 10.1. The van der Waals surface area contributed by atoms with Crippen LogP contribution in [0.4, 0.5) is 4.39 Å². The average Bonchev–Trinajstić information content (AvgIpc) is 3.03. The molecule has 0 aliphatic carbocycles. The van der Waals surface area contributed by atoms with E-state index in [1.807, 2.05) is 16.8 Å². The molecule has 2 aromatic heterocycles. The molecule has 108 valence electrons. The third-order valence-corrected chi connectivity index (χ3v) is 4.17. The Labute approximate surface area is 126 Å².